The zero-order valence-electron chi connectivity index (χ0n) is 15.5. The highest BCUT2D eigenvalue weighted by atomic mass is 16.3. The van der Waals surface area contributed by atoms with Gasteiger partial charge in [-0.3, -0.25) is 4.79 Å². The molecule has 0 amide bonds. The molecule has 0 aromatic heterocycles. The minimum Gasteiger partial charge on any atom is -0.393 e. The Bertz CT molecular complexity index is 531. The van der Waals surface area contributed by atoms with Crippen molar-refractivity contribution in [2.24, 2.45) is 40.4 Å². The third-order valence-corrected chi connectivity index (χ3v) is 9.11. The maximum absolute atomic E-state index is 12.2. The van der Waals surface area contributed by atoms with Gasteiger partial charge in [-0.05, 0) is 92.8 Å². The van der Waals surface area contributed by atoms with E-state index in [4.69, 9.17) is 0 Å². The summed E-state index contributed by atoms with van der Waals surface area (Å²) < 4.78 is 0. The van der Waals surface area contributed by atoms with Crippen molar-refractivity contribution in [2.45, 2.75) is 84.3 Å². The quantitative estimate of drug-likeness (QED) is 0.771. The molecule has 4 saturated carbocycles. The molecule has 4 rings (SSSR count). The molecule has 4 aliphatic carbocycles. The van der Waals surface area contributed by atoms with Gasteiger partial charge in [0.15, 0.2) is 0 Å². The van der Waals surface area contributed by atoms with E-state index in [0.29, 0.717) is 35.5 Å². The van der Waals surface area contributed by atoms with E-state index in [1.807, 2.05) is 0 Å². The van der Waals surface area contributed by atoms with E-state index in [2.05, 4.69) is 13.8 Å². The van der Waals surface area contributed by atoms with Gasteiger partial charge >= 0.3 is 0 Å². The number of carbonyl (C=O) groups excluding carboxylic acids is 1. The third-order valence-electron chi connectivity index (χ3n) is 9.11. The first kappa shape index (κ1) is 17.0. The van der Waals surface area contributed by atoms with Crippen LogP contribution < -0.4 is 0 Å². The van der Waals surface area contributed by atoms with Crippen molar-refractivity contribution in [1.82, 2.24) is 0 Å². The Labute approximate surface area is 146 Å². The predicted molar refractivity (Wildman–Crippen MR) is 93.3 cm³/mol. The van der Waals surface area contributed by atoms with Crippen LogP contribution in [0.15, 0.2) is 0 Å². The van der Waals surface area contributed by atoms with E-state index in [-0.39, 0.29) is 29.3 Å². The molecular formula is C21H34O3. The molecule has 3 heteroatoms. The Morgan fingerprint density at radius 2 is 1.67 bits per heavy atom. The van der Waals surface area contributed by atoms with Crippen LogP contribution in [-0.2, 0) is 4.79 Å². The maximum Gasteiger partial charge on any atom is 0.133 e. The Morgan fingerprint density at radius 3 is 2.38 bits per heavy atom. The Balaban J connectivity index is 1.65. The number of hydrogen-bond acceptors (Lipinski definition) is 3. The molecule has 0 aromatic rings. The molecule has 0 saturated heterocycles. The SMILES string of the molecule is CC(=O)[C@H]1C[C@H](O)[C@H]2[C@@H]3CC[C@H]4C[C@@H](O)CC[C@]4(C)[C@@H]3CC[C@@]21C. The highest BCUT2D eigenvalue weighted by Crippen LogP contribution is 2.67. The van der Waals surface area contributed by atoms with Crippen LogP contribution in [0.25, 0.3) is 0 Å². The average Bonchev–Trinajstić information content (AvgIpc) is 2.80. The van der Waals surface area contributed by atoms with Gasteiger partial charge < -0.3 is 10.2 Å². The summed E-state index contributed by atoms with van der Waals surface area (Å²) in [6.07, 6.45) is 7.99. The van der Waals surface area contributed by atoms with Crippen LogP contribution >= 0.6 is 0 Å². The van der Waals surface area contributed by atoms with E-state index in [0.717, 1.165) is 25.7 Å². The number of Topliss-reactive ketones (excluding diaryl/α,β-unsaturated/α-hetero) is 1. The van der Waals surface area contributed by atoms with Gasteiger partial charge in [0, 0.05) is 5.92 Å². The Morgan fingerprint density at radius 1 is 0.958 bits per heavy atom. The van der Waals surface area contributed by atoms with Crippen molar-refractivity contribution < 1.29 is 15.0 Å². The Hall–Kier alpha value is -0.410. The summed E-state index contributed by atoms with van der Waals surface area (Å²) in [4.78, 5) is 12.2. The van der Waals surface area contributed by atoms with E-state index in [9.17, 15) is 15.0 Å². The number of fused-ring (bicyclic) bond motifs is 5. The maximum atomic E-state index is 12.2. The second-order valence-corrected chi connectivity index (χ2v) is 10.0. The molecule has 0 aromatic carbocycles. The molecule has 0 radical (unpaired) electrons. The fourth-order valence-corrected chi connectivity index (χ4v) is 7.93. The molecule has 2 N–H and O–H groups in total. The minimum absolute atomic E-state index is 0.00376. The molecule has 9 atom stereocenters. The van der Waals surface area contributed by atoms with E-state index >= 15 is 0 Å². The molecule has 0 spiro atoms. The van der Waals surface area contributed by atoms with Gasteiger partial charge in [0.2, 0.25) is 0 Å². The van der Waals surface area contributed by atoms with Gasteiger partial charge in [-0.1, -0.05) is 13.8 Å². The average molecular weight is 335 g/mol. The van der Waals surface area contributed by atoms with Crippen molar-refractivity contribution in [3.8, 4) is 0 Å². The monoisotopic (exact) mass is 334 g/mol. The number of hydrogen-bond donors (Lipinski definition) is 2. The second kappa shape index (κ2) is 5.54. The molecule has 0 bridgehead atoms. The molecule has 0 unspecified atom stereocenters. The highest BCUT2D eigenvalue weighted by Gasteiger charge is 2.63. The topological polar surface area (TPSA) is 57.5 Å². The summed E-state index contributed by atoms with van der Waals surface area (Å²) in [5, 5.41) is 21.0. The smallest absolute Gasteiger partial charge is 0.133 e. The lowest BCUT2D eigenvalue weighted by atomic mass is 9.44. The van der Waals surface area contributed by atoms with Crippen LogP contribution in [0.5, 0.6) is 0 Å². The van der Waals surface area contributed by atoms with Crippen LogP contribution in [-0.4, -0.2) is 28.2 Å². The van der Waals surface area contributed by atoms with Gasteiger partial charge in [-0.2, -0.15) is 0 Å². The van der Waals surface area contributed by atoms with E-state index < -0.39 is 0 Å². The summed E-state index contributed by atoms with van der Waals surface area (Å²) in [6.45, 7) is 6.47. The van der Waals surface area contributed by atoms with Crippen molar-refractivity contribution in [3.63, 3.8) is 0 Å². The van der Waals surface area contributed by atoms with Crippen molar-refractivity contribution in [3.05, 3.63) is 0 Å². The standard InChI is InChI=1S/C21H34O3/c1-12(22)17-11-18(24)19-15-5-4-13-10-14(23)6-8-20(13,2)16(15)7-9-21(17,19)3/h13-19,23-24H,4-11H2,1-3H3/t13-,14-,15+,16+,17+,18-,19+,20-,21+/m0/s1. The Kier molecular flexibility index (Phi) is 3.93. The minimum atomic E-state index is -0.300. The number of carbonyl (C=O) groups is 1. The second-order valence-electron chi connectivity index (χ2n) is 10.0. The normalized spacial score (nSPS) is 57.0. The predicted octanol–water partition coefficient (Wildman–Crippen LogP) is 3.57. The van der Waals surface area contributed by atoms with Crippen molar-refractivity contribution in [1.29, 1.82) is 0 Å². The molecule has 0 aliphatic heterocycles. The lowest BCUT2D eigenvalue weighted by Crippen LogP contribution is -2.55. The number of aliphatic hydroxyl groups excluding tert-OH is 2. The first-order chi connectivity index (χ1) is 11.3. The van der Waals surface area contributed by atoms with Crippen molar-refractivity contribution in [2.75, 3.05) is 0 Å². The highest BCUT2D eigenvalue weighted by molar-refractivity contribution is 5.79. The number of rotatable bonds is 1. The molecular weight excluding hydrogens is 300 g/mol. The van der Waals surface area contributed by atoms with Gasteiger partial charge in [-0.15, -0.1) is 0 Å². The fourth-order valence-electron chi connectivity index (χ4n) is 7.93. The van der Waals surface area contributed by atoms with Crippen LogP contribution in [0.4, 0.5) is 0 Å². The molecule has 0 heterocycles. The summed E-state index contributed by atoms with van der Waals surface area (Å²) in [6, 6.07) is 0. The van der Waals surface area contributed by atoms with Crippen molar-refractivity contribution >= 4 is 5.78 Å². The molecule has 4 aliphatic rings. The molecule has 24 heavy (non-hydrogen) atoms. The fraction of sp³-hybridized carbons (Fsp3) is 0.952. The van der Waals surface area contributed by atoms with E-state index in [1.165, 1.54) is 19.3 Å². The first-order valence-corrected chi connectivity index (χ1v) is 10.1. The van der Waals surface area contributed by atoms with Crippen LogP contribution in [0.2, 0.25) is 0 Å². The summed E-state index contributed by atoms with van der Waals surface area (Å²) in [5.41, 5.74) is 0.335. The zero-order chi connectivity index (χ0) is 17.3. The largest absolute Gasteiger partial charge is 0.393 e. The summed E-state index contributed by atoms with van der Waals surface area (Å²) in [5.74, 6) is 2.51. The molecule has 136 valence electrons. The molecule has 3 nitrogen and oxygen atoms in total. The molecule has 4 fully saturated rings. The summed E-state index contributed by atoms with van der Waals surface area (Å²) >= 11 is 0. The van der Waals surface area contributed by atoms with Gasteiger partial charge in [0.25, 0.3) is 0 Å². The third kappa shape index (κ3) is 2.19. The number of ketones is 1. The van der Waals surface area contributed by atoms with Crippen LogP contribution in [0.1, 0.15) is 72.1 Å². The van der Waals surface area contributed by atoms with Crippen LogP contribution in [0.3, 0.4) is 0 Å². The van der Waals surface area contributed by atoms with Gasteiger partial charge in [-0.25, -0.2) is 0 Å². The zero-order valence-corrected chi connectivity index (χ0v) is 15.5. The lowest BCUT2D eigenvalue weighted by molar-refractivity contribution is -0.145. The van der Waals surface area contributed by atoms with E-state index in [1.54, 1.807) is 6.92 Å². The lowest BCUT2D eigenvalue weighted by Gasteiger charge is -2.61. The summed E-state index contributed by atoms with van der Waals surface area (Å²) in [7, 11) is 0. The van der Waals surface area contributed by atoms with Gasteiger partial charge in [0.1, 0.15) is 5.78 Å². The van der Waals surface area contributed by atoms with Crippen LogP contribution in [0, 0.1) is 40.4 Å². The van der Waals surface area contributed by atoms with Gasteiger partial charge in [0.05, 0.1) is 12.2 Å². The number of aliphatic hydroxyl groups is 2. The first-order valence-electron chi connectivity index (χ1n) is 10.1.